The second-order valence-electron chi connectivity index (χ2n) is 3.93. The van der Waals surface area contributed by atoms with Gasteiger partial charge in [0.25, 0.3) is 5.91 Å². The minimum absolute atomic E-state index is 0.152. The van der Waals surface area contributed by atoms with Crippen LogP contribution in [0.4, 0.5) is 0 Å². The molecule has 17 heavy (non-hydrogen) atoms. The fourth-order valence-corrected chi connectivity index (χ4v) is 2.66. The van der Waals surface area contributed by atoms with Gasteiger partial charge in [0.05, 0.1) is 10.6 Å². The molecule has 0 aromatic carbocycles. The van der Waals surface area contributed by atoms with Crippen LogP contribution >= 0.6 is 27.5 Å². The molecule has 0 atom stereocenters. The van der Waals surface area contributed by atoms with E-state index in [9.17, 15) is 4.79 Å². The van der Waals surface area contributed by atoms with Crippen molar-refractivity contribution in [1.82, 2.24) is 10.3 Å². The molecule has 1 N–H and O–H groups in total. The number of nitrogens with zero attached hydrogens (tertiary/aromatic N) is 1. The summed E-state index contributed by atoms with van der Waals surface area (Å²) in [5, 5.41) is 4.14. The van der Waals surface area contributed by atoms with Gasteiger partial charge in [-0.3, -0.25) is 9.78 Å². The van der Waals surface area contributed by atoms with Crippen molar-refractivity contribution >= 4 is 33.4 Å². The maximum atomic E-state index is 12.1. The van der Waals surface area contributed by atoms with Crippen LogP contribution in [0.25, 0.3) is 0 Å². The Morgan fingerprint density at radius 2 is 2.18 bits per heavy atom. The molecule has 0 saturated carbocycles. The summed E-state index contributed by atoms with van der Waals surface area (Å²) in [5.41, 5.74) is 0.248. The smallest absolute Gasteiger partial charge is 0.253 e. The Morgan fingerprint density at radius 3 is 2.65 bits per heavy atom. The average molecular weight is 320 g/mol. The van der Waals surface area contributed by atoms with Crippen molar-refractivity contribution < 1.29 is 4.79 Å². The van der Waals surface area contributed by atoms with E-state index in [1.807, 2.05) is 0 Å². The van der Waals surface area contributed by atoms with Gasteiger partial charge in [0.1, 0.15) is 0 Å². The number of hydrogen-bond acceptors (Lipinski definition) is 2. The van der Waals surface area contributed by atoms with E-state index in [1.165, 1.54) is 6.20 Å². The summed E-state index contributed by atoms with van der Waals surface area (Å²) in [6, 6.07) is 1.63. The van der Waals surface area contributed by atoms with E-state index >= 15 is 0 Å². The second-order valence-corrected chi connectivity index (χ2v) is 4.90. The van der Waals surface area contributed by atoms with E-state index in [0.717, 1.165) is 18.2 Å². The number of rotatable bonds is 5. The van der Waals surface area contributed by atoms with Gasteiger partial charge in [-0.05, 0) is 18.9 Å². The molecular weight excluding hydrogens is 304 g/mol. The molecule has 0 fully saturated rings. The number of aromatic nitrogens is 1. The summed E-state index contributed by atoms with van der Waals surface area (Å²) in [5.74, 6) is -0.152. The molecule has 0 saturated heterocycles. The van der Waals surface area contributed by atoms with Crippen molar-refractivity contribution in [3.8, 4) is 0 Å². The number of amides is 1. The third kappa shape index (κ3) is 3.42. The van der Waals surface area contributed by atoms with Crippen molar-refractivity contribution in [2.45, 2.75) is 32.2 Å². The normalized spacial score (nSPS) is 11.3. The summed E-state index contributed by atoms with van der Waals surface area (Å²) in [7, 11) is 0. The lowest BCUT2D eigenvalue weighted by Gasteiger charge is -2.31. The molecule has 1 heterocycles. The monoisotopic (exact) mass is 318 g/mol. The average Bonchev–Trinajstić information content (AvgIpc) is 2.36. The summed E-state index contributed by atoms with van der Waals surface area (Å²) in [4.78, 5) is 16.0. The Kier molecular flexibility index (Phi) is 5.40. The maximum Gasteiger partial charge on any atom is 0.253 e. The maximum absolute atomic E-state index is 12.1. The molecule has 1 amide bonds. The van der Waals surface area contributed by atoms with Gasteiger partial charge in [-0.1, -0.05) is 41.4 Å². The highest BCUT2D eigenvalue weighted by molar-refractivity contribution is 9.09. The van der Waals surface area contributed by atoms with Crippen LogP contribution in [0.5, 0.6) is 0 Å². The highest BCUT2D eigenvalue weighted by atomic mass is 79.9. The van der Waals surface area contributed by atoms with Gasteiger partial charge in [-0.2, -0.15) is 0 Å². The van der Waals surface area contributed by atoms with Crippen molar-refractivity contribution in [3.05, 3.63) is 29.0 Å². The minimum atomic E-state index is -0.219. The first-order valence-corrected chi connectivity index (χ1v) is 7.06. The lowest BCUT2D eigenvalue weighted by molar-refractivity contribution is 0.0904. The van der Waals surface area contributed by atoms with Gasteiger partial charge in [0.15, 0.2) is 0 Å². The third-order valence-corrected chi connectivity index (χ3v) is 4.38. The molecule has 1 aromatic heterocycles. The quantitative estimate of drug-likeness (QED) is 0.845. The zero-order valence-corrected chi connectivity index (χ0v) is 12.3. The van der Waals surface area contributed by atoms with Crippen molar-refractivity contribution in [3.63, 3.8) is 0 Å². The molecule has 94 valence electrons. The fourth-order valence-electron chi connectivity index (χ4n) is 1.52. The van der Waals surface area contributed by atoms with Crippen molar-refractivity contribution in [1.29, 1.82) is 0 Å². The van der Waals surface area contributed by atoms with E-state index in [4.69, 9.17) is 11.6 Å². The van der Waals surface area contributed by atoms with Crippen LogP contribution in [0.1, 0.15) is 37.0 Å². The van der Waals surface area contributed by atoms with E-state index in [0.29, 0.717) is 10.6 Å². The Balaban J connectivity index is 2.89. The predicted octanol–water partition coefficient (Wildman–Crippen LogP) is 3.42. The lowest BCUT2D eigenvalue weighted by Crippen LogP contribution is -2.49. The van der Waals surface area contributed by atoms with Crippen LogP contribution in [0.3, 0.4) is 0 Å². The molecule has 5 heteroatoms. The molecule has 0 unspecified atom stereocenters. The van der Waals surface area contributed by atoms with E-state index in [1.54, 1.807) is 12.3 Å². The standard InChI is InChI=1S/C12H16BrClN2O/c1-3-12(4-2,8-13)16-11(17)9-5-6-15-7-10(9)14/h5-7H,3-4,8H2,1-2H3,(H,16,17). The SMILES string of the molecule is CCC(CC)(CBr)NC(=O)c1ccncc1Cl. The summed E-state index contributed by atoms with van der Waals surface area (Å²) in [6.07, 6.45) is 4.77. The molecule has 1 rings (SSSR count). The van der Waals surface area contributed by atoms with E-state index < -0.39 is 0 Å². The minimum Gasteiger partial charge on any atom is -0.346 e. The summed E-state index contributed by atoms with van der Waals surface area (Å²) in [6.45, 7) is 4.11. The van der Waals surface area contributed by atoms with Crippen molar-refractivity contribution in [2.24, 2.45) is 0 Å². The van der Waals surface area contributed by atoms with Crippen molar-refractivity contribution in [2.75, 3.05) is 5.33 Å². The Hall–Kier alpha value is -0.610. The third-order valence-electron chi connectivity index (χ3n) is 3.01. The highest BCUT2D eigenvalue weighted by Crippen LogP contribution is 2.20. The fraction of sp³-hybridized carbons (Fsp3) is 0.500. The molecule has 1 aromatic rings. The Morgan fingerprint density at radius 1 is 1.53 bits per heavy atom. The van der Waals surface area contributed by atoms with Crippen LogP contribution < -0.4 is 5.32 Å². The molecule has 0 radical (unpaired) electrons. The zero-order chi connectivity index (χ0) is 12.9. The van der Waals surface area contributed by atoms with Gasteiger partial charge in [-0.25, -0.2) is 0 Å². The molecule has 3 nitrogen and oxygen atoms in total. The topological polar surface area (TPSA) is 42.0 Å². The zero-order valence-electron chi connectivity index (χ0n) is 9.96. The lowest BCUT2D eigenvalue weighted by atomic mass is 9.95. The molecule has 0 spiro atoms. The van der Waals surface area contributed by atoms with E-state index in [-0.39, 0.29) is 11.4 Å². The number of pyridine rings is 1. The summed E-state index contributed by atoms with van der Waals surface area (Å²) >= 11 is 9.40. The van der Waals surface area contributed by atoms with E-state index in [2.05, 4.69) is 40.1 Å². The molecule has 0 aliphatic rings. The predicted molar refractivity (Wildman–Crippen MR) is 73.8 cm³/mol. The number of halogens is 2. The second kappa shape index (κ2) is 6.36. The summed E-state index contributed by atoms with van der Waals surface area (Å²) < 4.78 is 0. The first kappa shape index (κ1) is 14.5. The molecule has 0 aliphatic heterocycles. The Labute approximate surface area is 115 Å². The molecular formula is C12H16BrClN2O. The largest absolute Gasteiger partial charge is 0.346 e. The van der Waals surface area contributed by atoms with Crippen LogP contribution in [0, 0.1) is 0 Å². The first-order chi connectivity index (χ1) is 8.08. The number of carbonyl (C=O) groups is 1. The number of nitrogens with one attached hydrogen (secondary N) is 1. The molecule has 0 bridgehead atoms. The van der Waals surface area contributed by atoms with Gasteiger partial charge >= 0.3 is 0 Å². The van der Waals surface area contributed by atoms with Crippen LogP contribution in [-0.2, 0) is 0 Å². The van der Waals surface area contributed by atoms with Gasteiger partial charge < -0.3 is 5.32 Å². The van der Waals surface area contributed by atoms with Gasteiger partial charge in [0.2, 0.25) is 0 Å². The first-order valence-electron chi connectivity index (χ1n) is 5.56. The van der Waals surface area contributed by atoms with Gasteiger partial charge in [0, 0.05) is 23.3 Å². The number of carbonyl (C=O) groups excluding carboxylic acids is 1. The van der Waals surface area contributed by atoms with Crippen LogP contribution in [-0.4, -0.2) is 21.8 Å². The van der Waals surface area contributed by atoms with Crippen LogP contribution in [0.15, 0.2) is 18.5 Å². The highest BCUT2D eigenvalue weighted by Gasteiger charge is 2.27. The van der Waals surface area contributed by atoms with Gasteiger partial charge in [-0.15, -0.1) is 0 Å². The van der Waals surface area contributed by atoms with Crippen LogP contribution in [0.2, 0.25) is 5.02 Å². The number of hydrogen-bond donors (Lipinski definition) is 1. The Bertz CT molecular complexity index is 386. The molecule has 0 aliphatic carbocycles. The number of alkyl halides is 1.